The van der Waals surface area contributed by atoms with Crippen LogP contribution in [0, 0.1) is 0 Å². The van der Waals surface area contributed by atoms with Gasteiger partial charge in [0.05, 0.1) is 33.4 Å². The monoisotopic (exact) mass is 1250 g/mol. The van der Waals surface area contributed by atoms with Gasteiger partial charge in [0.1, 0.15) is 22.3 Å². The summed E-state index contributed by atoms with van der Waals surface area (Å²) in [5.74, 6) is 0. The van der Waals surface area contributed by atoms with Crippen LogP contribution >= 0.6 is 0 Å². The van der Waals surface area contributed by atoms with E-state index in [1.807, 2.05) is 0 Å². The Morgan fingerprint density at radius 3 is 1.19 bits per heavy atom. The normalized spacial score (nSPS) is 13.0. The molecule has 0 saturated heterocycles. The maximum absolute atomic E-state index is 7.16. The van der Waals surface area contributed by atoms with Crippen molar-refractivity contribution in [3.63, 3.8) is 0 Å². The molecule has 6 nitrogen and oxygen atoms in total. The van der Waals surface area contributed by atoms with Gasteiger partial charge in [-0.1, -0.05) is 205 Å². The third-order valence-corrected chi connectivity index (χ3v) is 21.3. The maximum Gasteiger partial charge on any atom is 0.252 e. The Bertz CT molecular complexity index is 5700. The summed E-state index contributed by atoms with van der Waals surface area (Å²) in [7, 11) is 0. The van der Waals surface area contributed by atoms with Crippen molar-refractivity contribution in [1.82, 2.24) is 9.13 Å². The number of benzene rings is 13. The molecule has 7 heteroatoms. The van der Waals surface area contributed by atoms with Gasteiger partial charge in [-0.25, -0.2) is 0 Å². The maximum atomic E-state index is 7.16. The fourth-order valence-corrected chi connectivity index (χ4v) is 16.6. The van der Waals surface area contributed by atoms with Crippen LogP contribution in [-0.4, -0.2) is 15.8 Å². The SMILES string of the molecule is CCCCc1c(N2c3cc(-n4c5ccccc5c5cc(-c6ccccc6)ccc54)ccc3B3c4ccc(-n5c6ccccc6c6cc(-c7ccccc7)ccc65)cc4N(c4ccc5c(oc6ccccc65)c4CCCC)c4cc(C(C)(C)C)cc2c43)ccc2c1oc1ccccc12. The van der Waals surface area contributed by atoms with E-state index in [0.29, 0.717) is 0 Å². The average Bonchev–Trinajstić information content (AvgIpc) is 1.19. The highest BCUT2D eigenvalue weighted by atomic mass is 16.3. The molecule has 4 aromatic heterocycles. The van der Waals surface area contributed by atoms with Gasteiger partial charge in [-0.15, -0.1) is 0 Å². The number of hydrogen-bond donors (Lipinski definition) is 0. The predicted octanol–water partition coefficient (Wildman–Crippen LogP) is 23.1. The quantitative estimate of drug-likeness (QED) is 0.114. The van der Waals surface area contributed by atoms with E-state index in [0.717, 1.165) is 117 Å². The standard InChI is InChI=1S/C90H71BN4O2/c1-6-8-28-69-77(48-42-67-65-32-18-22-36-85(65)96-88(67)69)94-81-54-61(92-75-34-20-16-30-63(75)71-50-58(38-46-79(71)92)56-24-12-10-13-25-56)40-44-73(81)91-74-45-41-62(93-76-35-21-17-31-64(76)72-51-59(39-47-80(72)93)57-26-14-11-15-27-57)55-82(74)95(84-53-60(90(3,4)5)52-83(94)87(84)91)78-49-43-68-66-33-19-23-37-86(66)97-89(68)70(78)29-9-7-2/h10-27,30-55H,6-9,28-29H2,1-5H3. The van der Waals surface area contributed by atoms with Crippen molar-refractivity contribution < 1.29 is 8.83 Å². The minimum atomic E-state index is -0.271. The number of hydrogen-bond acceptors (Lipinski definition) is 4. The lowest BCUT2D eigenvalue weighted by atomic mass is 9.33. The number of nitrogens with zero attached hydrogens (tertiary/aromatic N) is 4. The molecule has 0 unspecified atom stereocenters. The number of aryl methyl sites for hydroxylation is 2. The molecule has 6 heterocycles. The van der Waals surface area contributed by atoms with E-state index in [9.17, 15) is 0 Å². The number of furan rings is 2. The highest BCUT2D eigenvalue weighted by molar-refractivity contribution is 7.00. The fraction of sp³-hybridized carbons (Fsp3) is 0.133. The van der Waals surface area contributed by atoms with Crippen molar-refractivity contribution in [2.75, 3.05) is 9.80 Å². The highest BCUT2D eigenvalue weighted by Crippen LogP contribution is 2.52. The van der Waals surface area contributed by atoms with E-state index in [1.54, 1.807) is 0 Å². The van der Waals surface area contributed by atoms with Gasteiger partial charge in [0, 0.05) is 88.3 Å². The summed E-state index contributed by atoms with van der Waals surface area (Å²) in [5, 5.41) is 9.48. The fourth-order valence-electron chi connectivity index (χ4n) is 16.6. The van der Waals surface area contributed by atoms with Crippen LogP contribution in [0.15, 0.2) is 276 Å². The smallest absolute Gasteiger partial charge is 0.252 e. The topological polar surface area (TPSA) is 42.6 Å². The zero-order valence-corrected chi connectivity index (χ0v) is 55.3. The van der Waals surface area contributed by atoms with Crippen molar-refractivity contribution in [3.8, 4) is 33.6 Å². The summed E-state index contributed by atoms with van der Waals surface area (Å²) < 4.78 is 19.3. The van der Waals surface area contributed by atoms with E-state index in [4.69, 9.17) is 8.83 Å². The van der Waals surface area contributed by atoms with E-state index in [-0.39, 0.29) is 12.1 Å². The van der Waals surface area contributed by atoms with Crippen LogP contribution in [0.3, 0.4) is 0 Å². The Balaban J connectivity index is 0.926. The summed E-state index contributed by atoms with van der Waals surface area (Å²) in [5.41, 5.74) is 29.6. The number of rotatable bonds is 12. The molecular formula is C90H71BN4O2. The molecule has 0 N–H and O–H groups in total. The van der Waals surface area contributed by atoms with Gasteiger partial charge in [0.25, 0.3) is 6.71 Å². The Morgan fingerprint density at radius 1 is 0.330 bits per heavy atom. The molecule has 0 amide bonds. The lowest BCUT2D eigenvalue weighted by molar-refractivity contribution is 0.590. The van der Waals surface area contributed by atoms with Crippen molar-refractivity contribution in [2.24, 2.45) is 0 Å². The number of unbranched alkanes of at least 4 members (excludes halogenated alkanes) is 2. The van der Waals surface area contributed by atoms with E-state index in [2.05, 4.69) is 320 Å². The zero-order valence-electron chi connectivity index (χ0n) is 55.3. The van der Waals surface area contributed by atoms with Gasteiger partial charge in [-0.3, -0.25) is 0 Å². The Kier molecular flexibility index (Phi) is 13.1. The average molecular weight is 1250 g/mol. The Hall–Kier alpha value is -11.3. The first kappa shape index (κ1) is 57.2. The van der Waals surface area contributed by atoms with E-state index >= 15 is 0 Å². The second kappa shape index (κ2) is 22.2. The van der Waals surface area contributed by atoms with Crippen LogP contribution in [0.5, 0.6) is 0 Å². The zero-order chi connectivity index (χ0) is 64.8. The van der Waals surface area contributed by atoms with Crippen molar-refractivity contribution >= 4 is 145 Å². The van der Waals surface area contributed by atoms with Gasteiger partial charge < -0.3 is 27.8 Å². The number of aromatic nitrogens is 2. The van der Waals surface area contributed by atoms with Crippen LogP contribution in [0.1, 0.15) is 77.0 Å². The molecule has 0 radical (unpaired) electrons. The molecule has 0 spiro atoms. The first-order valence-corrected chi connectivity index (χ1v) is 34.8. The van der Waals surface area contributed by atoms with Crippen molar-refractivity contribution in [1.29, 1.82) is 0 Å². The predicted molar refractivity (Wildman–Crippen MR) is 410 cm³/mol. The van der Waals surface area contributed by atoms with Gasteiger partial charge >= 0.3 is 0 Å². The van der Waals surface area contributed by atoms with Gasteiger partial charge in [0.15, 0.2) is 0 Å². The van der Waals surface area contributed by atoms with E-state index < -0.39 is 0 Å². The minimum absolute atomic E-state index is 0.180. The molecular weight excluding hydrogens is 1180 g/mol. The molecule has 13 aromatic carbocycles. The van der Waals surface area contributed by atoms with Crippen LogP contribution < -0.4 is 26.2 Å². The second-order valence-corrected chi connectivity index (χ2v) is 28.0. The van der Waals surface area contributed by atoms with Crippen LogP contribution in [0.25, 0.3) is 121 Å². The summed E-state index contributed by atoms with van der Waals surface area (Å²) >= 11 is 0. The number of para-hydroxylation sites is 4. The van der Waals surface area contributed by atoms with Gasteiger partial charge in [0.2, 0.25) is 0 Å². The molecule has 2 aliphatic heterocycles. The Morgan fingerprint density at radius 2 is 0.742 bits per heavy atom. The molecule has 17 aromatic rings. The summed E-state index contributed by atoms with van der Waals surface area (Å²) in [6, 6.07) is 100. The summed E-state index contributed by atoms with van der Waals surface area (Å²) in [4.78, 5) is 5.34. The highest BCUT2D eigenvalue weighted by Gasteiger charge is 2.46. The number of fused-ring (bicyclic) bond motifs is 16. The third-order valence-electron chi connectivity index (χ3n) is 21.3. The molecule has 0 atom stereocenters. The summed E-state index contributed by atoms with van der Waals surface area (Å²) in [6.07, 6.45) is 5.80. The molecule has 0 saturated carbocycles. The largest absolute Gasteiger partial charge is 0.456 e. The molecule has 466 valence electrons. The third kappa shape index (κ3) is 8.80. The van der Waals surface area contributed by atoms with Gasteiger partial charge in [-0.2, -0.15) is 0 Å². The first-order valence-electron chi connectivity index (χ1n) is 34.8. The lowest BCUT2D eigenvalue weighted by Crippen LogP contribution is -2.61. The molecule has 0 aliphatic carbocycles. The van der Waals surface area contributed by atoms with E-state index in [1.165, 1.54) is 110 Å². The molecule has 0 bridgehead atoms. The second-order valence-electron chi connectivity index (χ2n) is 28.0. The molecule has 19 rings (SSSR count). The van der Waals surface area contributed by atoms with Crippen molar-refractivity contribution in [2.45, 2.75) is 78.6 Å². The molecule has 97 heavy (non-hydrogen) atoms. The minimum Gasteiger partial charge on any atom is -0.456 e. The first-order chi connectivity index (χ1) is 47.7. The van der Waals surface area contributed by atoms with Gasteiger partial charge in [-0.05, 0) is 184 Å². The summed E-state index contributed by atoms with van der Waals surface area (Å²) in [6.45, 7) is 11.6. The van der Waals surface area contributed by atoms with Crippen LogP contribution in [-0.2, 0) is 18.3 Å². The number of anilines is 6. The molecule has 2 aliphatic rings. The lowest BCUT2D eigenvalue weighted by Gasteiger charge is -2.46. The Labute approximate surface area is 564 Å². The van der Waals surface area contributed by atoms with Crippen LogP contribution in [0.2, 0.25) is 0 Å². The van der Waals surface area contributed by atoms with Crippen LogP contribution in [0.4, 0.5) is 34.1 Å². The molecule has 0 fully saturated rings. The van der Waals surface area contributed by atoms with Crippen molar-refractivity contribution in [3.05, 3.63) is 284 Å².